The lowest BCUT2D eigenvalue weighted by Gasteiger charge is -2.14. The minimum atomic E-state index is -0.921. The van der Waals surface area contributed by atoms with Crippen molar-refractivity contribution in [2.75, 3.05) is 0 Å². The summed E-state index contributed by atoms with van der Waals surface area (Å²) in [5, 5.41) is 15.6. The third kappa shape index (κ3) is 4.13. The van der Waals surface area contributed by atoms with Gasteiger partial charge in [-0.15, -0.1) is 0 Å². The maximum atomic E-state index is 11.3. The Bertz CT molecular complexity index is 1310. The first kappa shape index (κ1) is 21.3. The van der Waals surface area contributed by atoms with Gasteiger partial charge in [-0.05, 0) is 32.0 Å². The van der Waals surface area contributed by atoms with Gasteiger partial charge in [0.2, 0.25) is 0 Å². The third-order valence-electron chi connectivity index (χ3n) is 5.27. The molecule has 0 saturated heterocycles. The second-order valence-corrected chi connectivity index (χ2v) is 8.21. The van der Waals surface area contributed by atoms with E-state index < -0.39 is 5.97 Å². The Kier molecular flexibility index (Phi) is 5.69. The molecule has 8 heteroatoms. The molecule has 2 aromatic heterocycles. The lowest BCUT2D eigenvalue weighted by atomic mass is 9.99. The van der Waals surface area contributed by atoms with Gasteiger partial charge >= 0.3 is 5.97 Å². The van der Waals surface area contributed by atoms with Crippen molar-refractivity contribution >= 4 is 40.1 Å². The van der Waals surface area contributed by atoms with Crippen LogP contribution in [0.4, 0.5) is 0 Å². The molecule has 2 aromatic carbocycles. The first-order valence-corrected chi connectivity index (χ1v) is 10.3. The smallest absolute Gasteiger partial charge is 0.307 e. The topological polar surface area (TPSA) is 77.5 Å². The van der Waals surface area contributed by atoms with E-state index in [4.69, 9.17) is 32.4 Å². The Labute approximate surface area is 188 Å². The predicted molar refractivity (Wildman–Crippen MR) is 120 cm³/mol. The summed E-state index contributed by atoms with van der Waals surface area (Å²) in [6.07, 6.45) is 1.35. The van der Waals surface area contributed by atoms with Gasteiger partial charge in [0, 0.05) is 56.5 Å². The molecule has 160 valence electrons. The molecule has 0 amide bonds. The molecule has 0 unspecified atom stereocenters. The molecule has 0 atom stereocenters. The SMILES string of the molecule is Cc1nn(C)c(C)c1-c1cc2c(CC(=O)O)coc2cc1OCc1ccc(Cl)cc1Cl. The number of nitrogens with zero attached hydrogens (tertiary/aromatic N) is 2. The fourth-order valence-corrected chi connectivity index (χ4v) is 4.14. The zero-order valence-electron chi connectivity index (χ0n) is 17.2. The first-order chi connectivity index (χ1) is 14.7. The Morgan fingerprint density at radius 2 is 1.97 bits per heavy atom. The summed E-state index contributed by atoms with van der Waals surface area (Å²) in [6, 6.07) is 8.95. The largest absolute Gasteiger partial charge is 0.488 e. The number of hydrogen-bond acceptors (Lipinski definition) is 4. The quantitative estimate of drug-likeness (QED) is 0.385. The van der Waals surface area contributed by atoms with Gasteiger partial charge in [0.05, 0.1) is 18.4 Å². The molecule has 0 aliphatic carbocycles. The van der Waals surface area contributed by atoms with E-state index in [2.05, 4.69) is 5.10 Å². The van der Waals surface area contributed by atoms with Crippen molar-refractivity contribution in [1.29, 1.82) is 0 Å². The number of aryl methyl sites for hydroxylation is 2. The molecular formula is C23H20Cl2N2O4. The fraction of sp³-hybridized carbons (Fsp3) is 0.217. The summed E-state index contributed by atoms with van der Waals surface area (Å²) in [5.41, 5.74) is 5.51. The monoisotopic (exact) mass is 458 g/mol. The lowest BCUT2D eigenvalue weighted by molar-refractivity contribution is -0.136. The van der Waals surface area contributed by atoms with Crippen LogP contribution in [0.25, 0.3) is 22.1 Å². The summed E-state index contributed by atoms with van der Waals surface area (Å²) in [6.45, 7) is 4.14. The number of aromatic nitrogens is 2. The molecule has 0 saturated carbocycles. The number of carbonyl (C=O) groups is 1. The Hall–Kier alpha value is -2.96. The van der Waals surface area contributed by atoms with Crippen LogP contribution in [-0.4, -0.2) is 20.9 Å². The van der Waals surface area contributed by atoms with E-state index in [9.17, 15) is 9.90 Å². The molecule has 6 nitrogen and oxygen atoms in total. The van der Waals surface area contributed by atoms with E-state index in [1.165, 1.54) is 6.26 Å². The Morgan fingerprint density at radius 3 is 2.61 bits per heavy atom. The second kappa shape index (κ2) is 8.29. The molecule has 0 fully saturated rings. The Balaban J connectivity index is 1.83. The minimum absolute atomic E-state index is 0.127. The molecular weight excluding hydrogens is 439 g/mol. The number of aliphatic carboxylic acids is 1. The Morgan fingerprint density at radius 1 is 1.19 bits per heavy atom. The van der Waals surface area contributed by atoms with Gasteiger partial charge in [0.1, 0.15) is 17.9 Å². The first-order valence-electron chi connectivity index (χ1n) is 9.57. The van der Waals surface area contributed by atoms with Crippen LogP contribution in [0.2, 0.25) is 10.0 Å². The van der Waals surface area contributed by atoms with Gasteiger partial charge in [0.25, 0.3) is 0 Å². The summed E-state index contributed by atoms with van der Waals surface area (Å²) >= 11 is 12.3. The number of fused-ring (bicyclic) bond motifs is 1. The minimum Gasteiger partial charge on any atom is -0.488 e. The van der Waals surface area contributed by atoms with E-state index in [0.717, 1.165) is 33.5 Å². The van der Waals surface area contributed by atoms with Gasteiger partial charge in [0.15, 0.2) is 0 Å². The standard InChI is InChI=1S/C23H20Cl2N2O4/c1-12-23(13(2)27(3)26-12)18-8-17-15(6-22(28)29)11-31-20(17)9-21(18)30-10-14-4-5-16(24)7-19(14)25/h4-5,7-9,11H,6,10H2,1-3H3,(H,28,29). The van der Waals surface area contributed by atoms with Crippen LogP contribution >= 0.6 is 23.2 Å². The highest BCUT2D eigenvalue weighted by Gasteiger charge is 2.20. The summed E-state index contributed by atoms with van der Waals surface area (Å²) < 4.78 is 13.6. The summed E-state index contributed by atoms with van der Waals surface area (Å²) in [7, 11) is 1.88. The van der Waals surface area contributed by atoms with Gasteiger partial charge in [-0.25, -0.2) is 0 Å². The van der Waals surface area contributed by atoms with E-state index in [1.807, 2.05) is 37.7 Å². The highest BCUT2D eigenvalue weighted by Crippen LogP contribution is 2.39. The van der Waals surface area contributed by atoms with Crippen molar-refractivity contribution in [3.05, 3.63) is 69.2 Å². The number of carboxylic acids is 1. The highest BCUT2D eigenvalue weighted by molar-refractivity contribution is 6.35. The maximum absolute atomic E-state index is 11.3. The molecule has 0 bridgehead atoms. The van der Waals surface area contributed by atoms with Crippen molar-refractivity contribution < 1.29 is 19.1 Å². The number of hydrogen-bond donors (Lipinski definition) is 1. The molecule has 4 aromatic rings. The molecule has 4 rings (SSSR count). The molecule has 0 radical (unpaired) electrons. The second-order valence-electron chi connectivity index (χ2n) is 7.37. The number of carboxylic acid groups (broad SMARTS) is 1. The third-order valence-corrected chi connectivity index (χ3v) is 5.86. The van der Waals surface area contributed by atoms with Gasteiger partial charge < -0.3 is 14.3 Å². The molecule has 0 spiro atoms. The zero-order valence-corrected chi connectivity index (χ0v) is 18.7. The van der Waals surface area contributed by atoms with E-state index in [1.54, 1.807) is 18.2 Å². The van der Waals surface area contributed by atoms with Crippen molar-refractivity contribution in [3.63, 3.8) is 0 Å². The molecule has 0 aliphatic heterocycles. The number of ether oxygens (including phenoxy) is 1. The summed E-state index contributed by atoms with van der Waals surface area (Å²) in [5.74, 6) is -0.329. The predicted octanol–water partition coefficient (Wildman–Crippen LogP) is 5.96. The van der Waals surface area contributed by atoms with Gasteiger partial charge in [-0.1, -0.05) is 29.3 Å². The van der Waals surface area contributed by atoms with Crippen LogP contribution < -0.4 is 4.74 Å². The maximum Gasteiger partial charge on any atom is 0.307 e. The van der Waals surface area contributed by atoms with E-state index in [0.29, 0.717) is 26.9 Å². The van der Waals surface area contributed by atoms with Crippen LogP contribution in [0, 0.1) is 13.8 Å². The highest BCUT2D eigenvalue weighted by atomic mass is 35.5. The van der Waals surface area contributed by atoms with Gasteiger partial charge in [-0.3, -0.25) is 9.48 Å². The number of furan rings is 1. The van der Waals surface area contributed by atoms with Crippen LogP contribution in [0.3, 0.4) is 0 Å². The normalized spacial score (nSPS) is 11.3. The average Bonchev–Trinajstić information content (AvgIpc) is 3.19. The average molecular weight is 459 g/mol. The number of benzene rings is 2. The molecule has 2 heterocycles. The van der Waals surface area contributed by atoms with Crippen LogP contribution in [0.5, 0.6) is 5.75 Å². The molecule has 31 heavy (non-hydrogen) atoms. The molecule has 1 N–H and O–H groups in total. The van der Waals surface area contributed by atoms with Gasteiger partial charge in [-0.2, -0.15) is 5.10 Å². The van der Waals surface area contributed by atoms with Crippen LogP contribution in [-0.2, 0) is 24.9 Å². The van der Waals surface area contributed by atoms with Crippen molar-refractivity contribution in [3.8, 4) is 16.9 Å². The van der Waals surface area contributed by atoms with Crippen molar-refractivity contribution in [1.82, 2.24) is 9.78 Å². The number of halogens is 2. The number of rotatable bonds is 6. The van der Waals surface area contributed by atoms with Crippen LogP contribution in [0.1, 0.15) is 22.5 Å². The van der Waals surface area contributed by atoms with E-state index >= 15 is 0 Å². The van der Waals surface area contributed by atoms with E-state index in [-0.39, 0.29) is 13.0 Å². The zero-order chi connectivity index (χ0) is 22.3. The fourth-order valence-electron chi connectivity index (χ4n) is 3.68. The molecule has 0 aliphatic rings. The van der Waals surface area contributed by atoms with Crippen LogP contribution in [0.15, 0.2) is 41.0 Å². The van der Waals surface area contributed by atoms with Crippen molar-refractivity contribution in [2.45, 2.75) is 26.9 Å². The lowest BCUT2D eigenvalue weighted by Crippen LogP contribution is -2.00. The van der Waals surface area contributed by atoms with Crippen molar-refractivity contribution in [2.24, 2.45) is 7.05 Å². The summed E-state index contributed by atoms with van der Waals surface area (Å²) in [4.78, 5) is 11.3.